The quantitative estimate of drug-likeness (QED) is 0.328. The van der Waals surface area contributed by atoms with Crippen LogP contribution >= 0.6 is 0 Å². The van der Waals surface area contributed by atoms with Crippen molar-refractivity contribution in [3.05, 3.63) is 89.5 Å². The molecule has 6 aromatic rings. The van der Waals surface area contributed by atoms with Gasteiger partial charge in [0.25, 0.3) is 5.91 Å². The molecule has 6 heterocycles. The zero-order valence-corrected chi connectivity index (χ0v) is 22.7. The number of pyridine rings is 2. The average Bonchev–Trinajstić information content (AvgIpc) is 3.83. The van der Waals surface area contributed by atoms with Gasteiger partial charge in [0.2, 0.25) is 5.88 Å². The van der Waals surface area contributed by atoms with Crippen molar-refractivity contribution >= 4 is 22.9 Å². The van der Waals surface area contributed by atoms with Crippen LogP contribution < -0.4 is 15.8 Å². The Labute approximate surface area is 239 Å². The summed E-state index contributed by atoms with van der Waals surface area (Å²) in [6.07, 6.45) is 7.54. The number of carbonyl (C=O) groups is 1. The van der Waals surface area contributed by atoms with Gasteiger partial charge in [0.15, 0.2) is 23.0 Å². The third-order valence-corrected chi connectivity index (χ3v) is 7.97. The van der Waals surface area contributed by atoms with Crippen LogP contribution in [-0.4, -0.2) is 51.6 Å². The van der Waals surface area contributed by atoms with E-state index >= 15 is 0 Å². The number of rotatable bonds is 5. The summed E-state index contributed by atoms with van der Waals surface area (Å²) in [7, 11) is 1.80. The second kappa shape index (κ2) is 9.26. The second-order valence-corrected chi connectivity index (χ2v) is 10.5. The van der Waals surface area contributed by atoms with E-state index < -0.39 is 0 Å². The molecule has 1 aliphatic heterocycles. The third-order valence-electron chi connectivity index (χ3n) is 7.97. The predicted molar refractivity (Wildman–Crippen MR) is 155 cm³/mol. The minimum Gasteiger partial charge on any atom is -0.477 e. The lowest BCUT2D eigenvalue weighted by molar-refractivity contribution is 0.0930. The molecule has 0 radical (unpaired) electrons. The van der Waals surface area contributed by atoms with Crippen molar-refractivity contribution < 1.29 is 9.53 Å². The summed E-state index contributed by atoms with van der Waals surface area (Å²) in [5.74, 6) is 2.21. The van der Waals surface area contributed by atoms with E-state index in [0.717, 1.165) is 40.7 Å². The van der Waals surface area contributed by atoms with E-state index in [1.165, 1.54) is 0 Å². The van der Waals surface area contributed by atoms with Crippen molar-refractivity contribution in [3.63, 3.8) is 0 Å². The number of nitrogen functional groups attached to an aromatic ring is 1. The molecule has 12 nitrogen and oxygen atoms in total. The van der Waals surface area contributed by atoms with Gasteiger partial charge in [-0.05, 0) is 66.4 Å². The van der Waals surface area contributed by atoms with Crippen LogP contribution in [0.25, 0.3) is 34.1 Å². The smallest absolute Gasteiger partial charge is 0.272 e. The highest BCUT2D eigenvalue weighted by atomic mass is 16.5. The molecule has 0 unspecified atom stereocenters. The van der Waals surface area contributed by atoms with Gasteiger partial charge in [-0.2, -0.15) is 10.2 Å². The first-order chi connectivity index (χ1) is 20.5. The van der Waals surface area contributed by atoms with E-state index in [0.29, 0.717) is 53.3 Å². The van der Waals surface area contributed by atoms with Crippen molar-refractivity contribution in [1.29, 1.82) is 0 Å². The summed E-state index contributed by atoms with van der Waals surface area (Å²) < 4.78 is 11.0. The summed E-state index contributed by atoms with van der Waals surface area (Å²) in [4.78, 5) is 27.4. The largest absolute Gasteiger partial charge is 0.477 e. The molecule has 1 atom stereocenters. The number of imidazole rings is 1. The number of hydrogen-bond donors (Lipinski definition) is 2. The normalized spacial score (nSPS) is 15.5. The van der Waals surface area contributed by atoms with Crippen molar-refractivity contribution in [1.82, 2.24) is 44.4 Å². The summed E-state index contributed by atoms with van der Waals surface area (Å²) in [5.41, 5.74) is 12.9. The molecule has 208 valence electrons. The zero-order chi connectivity index (χ0) is 28.4. The Kier molecular flexibility index (Phi) is 5.36. The fourth-order valence-electron chi connectivity index (χ4n) is 6.02. The number of fused-ring (bicyclic) bond motifs is 3. The molecule has 0 saturated heterocycles. The molecule has 42 heavy (non-hydrogen) atoms. The number of hydrogen-bond acceptors (Lipinski definition) is 8. The van der Waals surface area contributed by atoms with Crippen LogP contribution in [0, 0.1) is 0 Å². The Hall–Kier alpha value is -5.52. The first-order valence-electron chi connectivity index (χ1n) is 13.8. The van der Waals surface area contributed by atoms with E-state index in [4.69, 9.17) is 20.4 Å². The fraction of sp³-hybridized carbons (Fsp3) is 0.200. The Balaban J connectivity index is 1.19. The van der Waals surface area contributed by atoms with Gasteiger partial charge in [0.05, 0.1) is 23.8 Å². The van der Waals surface area contributed by atoms with E-state index in [2.05, 4.69) is 32.6 Å². The number of aromatic nitrogens is 8. The van der Waals surface area contributed by atoms with Gasteiger partial charge in [-0.25, -0.2) is 24.3 Å². The minimum atomic E-state index is -0.176. The van der Waals surface area contributed by atoms with Crippen LogP contribution in [0.5, 0.6) is 5.88 Å². The molecule has 3 N–H and O–H groups in total. The SMILES string of the molecule is Cn1nc(C(=O)N[C@H]2CCc3cc(-n4c(-c5cccnc5N)nc5ccc(-n6cccn6)nc54)ccc32)c2c1OCC2. The fourth-order valence-corrected chi connectivity index (χ4v) is 6.02. The Morgan fingerprint density at radius 2 is 2.02 bits per heavy atom. The van der Waals surface area contributed by atoms with Crippen molar-refractivity contribution in [2.45, 2.75) is 25.3 Å². The standard InChI is InChI=1S/C30H26N10O2/c1-38-30-20(11-15-42-30)25(37-38)29(41)35-22-8-5-17-16-18(6-7-19(17)22)40-27(21-4-2-12-32-26(21)31)34-23-9-10-24(36-28(23)40)39-14-3-13-33-39/h2-4,6-7,9-10,12-14,16,22H,5,8,11,15H2,1H3,(H2,31,32)(H,35,41)/t22-/m0/s1. The number of amides is 1. The van der Waals surface area contributed by atoms with Gasteiger partial charge in [0.1, 0.15) is 11.3 Å². The first kappa shape index (κ1) is 24.3. The van der Waals surface area contributed by atoms with Crippen LogP contribution in [0.15, 0.2) is 67.1 Å². The van der Waals surface area contributed by atoms with Crippen molar-refractivity contribution in [2.75, 3.05) is 12.3 Å². The molecular weight excluding hydrogens is 532 g/mol. The monoisotopic (exact) mass is 558 g/mol. The highest BCUT2D eigenvalue weighted by Gasteiger charge is 2.31. The Bertz CT molecular complexity index is 2010. The van der Waals surface area contributed by atoms with Crippen LogP contribution in [-0.2, 0) is 19.9 Å². The summed E-state index contributed by atoms with van der Waals surface area (Å²) >= 11 is 0. The molecule has 5 aromatic heterocycles. The van der Waals surface area contributed by atoms with Gasteiger partial charge < -0.3 is 15.8 Å². The number of aryl methyl sites for hydroxylation is 2. The number of carbonyl (C=O) groups excluding carboxylic acids is 1. The molecule has 1 aliphatic carbocycles. The topological polar surface area (TPSA) is 144 Å². The molecular formula is C30H26N10O2. The number of nitrogens with one attached hydrogen (secondary N) is 1. The van der Waals surface area contributed by atoms with Crippen LogP contribution in [0.1, 0.15) is 39.6 Å². The van der Waals surface area contributed by atoms with Crippen molar-refractivity contribution in [2.24, 2.45) is 7.05 Å². The average molecular weight is 559 g/mol. The molecule has 1 aromatic carbocycles. The second-order valence-electron chi connectivity index (χ2n) is 10.5. The number of ether oxygens (including phenoxy) is 1. The van der Waals surface area contributed by atoms with E-state index in [1.807, 2.05) is 47.2 Å². The molecule has 0 spiro atoms. The van der Waals surface area contributed by atoms with Crippen molar-refractivity contribution in [3.8, 4) is 28.8 Å². The highest BCUT2D eigenvalue weighted by molar-refractivity contribution is 5.95. The lowest BCUT2D eigenvalue weighted by atomic mass is 10.1. The summed E-state index contributed by atoms with van der Waals surface area (Å²) in [6.45, 7) is 0.574. The number of nitrogens with zero attached hydrogens (tertiary/aromatic N) is 8. The van der Waals surface area contributed by atoms with E-state index in [-0.39, 0.29) is 11.9 Å². The minimum absolute atomic E-state index is 0.112. The van der Waals surface area contributed by atoms with Crippen LogP contribution in [0.2, 0.25) is 0 Å². The summed E-state index contributed by atoms with van der Waals surface area (Å²) in [6, 6.07) is 15.6. The van der Waals surface area contributed by atoms with Gasteiger partial charge in [0, 0.05) is 37.7 Å². The first-order valence-corrected chi connectivity index (χ1v) is 13.8. The molecule has 2 aliphatic rings. The maximum atomic E-state index is 13.3. The number of nitrogens with two attached hydrogens (primary N) is 1. The zero-order valence-electron chi connectivity index (χ0n) is 22.7. The van der Waals surface area contributed by atoms with Gasteiger partial charge in [-0.3, -0.25) is 9.36 Å². The van der Waals surface area contributed by atoms with Crippen LogP contribution in [0.3, 0.4) is 0 Å². The van der Waals surface area contributed by atoms with Gasteiger partial charge in [-0.15, -0.1) is 0 Å². The maximum absolute atomic E-state index is 13.3. The molecule has 0 saturated carbocycles. The van der Waals surface area contributed by atoms with Gasteiger partial charge in [-0.1, -0.05) is 6.07 Å². The van der Waals surface area contributed by atoms with Gasteiger partial charge >= 0.3 is 0 Å². The van der Waals surface area contributed by atoms with E-state index in [1.54, 1.807) is 28.8 Å². The Morgan fingerprint density at radius 3 is 2.88 bits per heavy atom. The number of benzene rings is 1. The van der Waals surface area contributed by atoms with E-state index in [9.17, 15) is 4.79 Å². The highest BCUT2D eigenvalue weighted by Crippen LogP contribution is 2.36. The Morgan fingerprint density at radius 1 is 1.10 bits per heavy atom. The van der Waals surface area contributed by atoms with Crippen LogP contribution in [0.4, 0.5) is 5.82 Å². The third kappa shape index (κ3) is 3.75. The molecule has 8 rings (SSSR count). The summed E-state index contributed by atoms with van der Waals surface area (Å²) in [5, 5.41) is 12.0. The lowest BCUT2D eigenvalue weighted by Crippen LogP contribution is -2.28. The molecule has 12 heteroatoms. The molecule has 0 bridgehead atoms. The predicted octanol–water partition coefficient (Wildman–Crippen LogP) is 3.34. The maximum Gasteiger partial charge on any atom is 0.272 e. The molecule has 1 amide bonds. The lowest BCUT2D eigenvalue weighted by Gasteiger charge is -2.15. The molecule has 0 fully saturated rings. The number of anilines is 1.